The summed E-state index contributed by atoms with van der Waals surface area (Å²) < 4.78 is 7.96. The molecule has 1 aromatic rings. The minimum atomic E-state index is 0.0603. The van der Waals surface area contributed by atoms with Crippen molar-refractivity contribution in [3.8, 4) is 0 Å². The van der Waals surface area contributed by atoms with Crippen LogP contribution in [-0.2, 0) is 4.74 Å². The highest BCUT2D eigenvalue weighted by molar-refractivity contribution is 5.92. The second kappa shape index (κ2) is 8.53. The molecule has 146 valence electrons. The molecule has 3 heterocycles. The number of piperidine rings is 1. The monoisotopic (exact) mass is 362 g/mol. The molecule has 1 aromatic heterocycles. The quantitative estimate of drug-likeness (QED) is 0.874. The smallest absolute Gasteiger partial charge is 0.274 e. The summed E-state index contributed by atoms with van der Waals surface area (Å²) in [4.78, 5) is 14.9. The molecular weight excluding hydrogens is 328 g/mol. The summed E-state index contributed by atoms with van der Waals surface area (Å²) in [7, 11) is 0. The standard InChI is InChI=1S/C20H34N4O2/c1-4-16(5-2)24-14(3)13-18(22-24)20(25)23-10-8-15(9-11-23)19-17(21)7-6-12-26-19/h13,15-17,19H,4-12,21H2,1-3H3. The first-order valence-electron chi connectivity index (χ1n) is 10.3. The van der Waals surface area contributed by atoms with Gasteiger partial charge in [0, 0.05) is 31.4 Å². The third-order valence-electron chi connectivity index (χ3n) is 6.14. The Morgan fingerprint density at radius 1 is 1.31 bits per heavy atom. The van der Waals surface area contributed by atoms with Gasteiger partial charge in [0.05, 0.1) is 12.1 Å². The maximum atomic E-state index is 12.9. The molecule has 2 N–H and O–H groups in total. The van der Waals surface area contributed by atoms with Gasteiger partial charge in [-0.15, -0.1) is 0 Å². The van der Waals surface area contributed by atoms with E-state index < -0.39 is 0 Å². The minimum absolute atomic E-state index is 0.0603. The van der Waals surface area contributed by atoms with Gasteiger partial charge in [-0.1, -0.05) is 13.8 Å². The third kappa shape index (κ3) is 3.96. The van der Waals surface area contributed by atoms with Gasteiger partial charge in [-0.2, -0.15) is 5.10 Å². The highest BCUT2D eigenvalue weighted by atomic mass is 16.5. The van der Waals surface area contributed by atoms with E-state index >= 15 is 0 Å². The number of aromatic nitrogens is 2. The molecular formula is C20H34N4O2. The van der Waals surface area contributed by atoms with Crippen molar-refractivity contribution in [2.45, 2.75) is 77.5 Å². The second-order valence-corrected chi connectivity index (χ2v) is 7.86. The molecule has 2 aliphatic rings. The van der Waals surface area contributed by atoms with Crippen LogP contribution < -0.4 is 5.73 Å². The maximum Gasteiger partial charge on any atom is 0.274 e. The minimum Gasteiger partial charge on any atom is -0.376 e. The van der Waals surface area contributed by atoms with E-state index in [1.807, 2.05) is 22.6 Å². The van der Waals surface area contributed by atoms with Crippen molar-refractivity contribution in [1.29, 1.82) is 0 Å². The van der Waals surface area contributed by atoms with Crippen LogP contribution >= 0.6 is 0 Å². The predicted molar refractivity (Wildman–Crippen MR) is 102 cm³/mol. The van der Waals surface area contributed by atoms with Crippen LogP contribution in [0, 0.1) is 12.8 Å². The van der Waals surface area contributed by atoms with Crippen LogP contribution in [0.25, 0.3) is 0 Å². The normalized spacial score (nSPS) is 25.0. The van der Waals surface area contributed by atoms with E-state index in [1.54, 1.807) is 0 Å². The van der Waals surface area contributed by atoms with Crippen molar-refractivity contribution < 1.29 is 9.53 Å². The molecule has 2 unspecified atom stereocenters. The van der Waals surface area contributed by atoms with Crippen molar-refractivity contribution in [3.05, 3.63) is 17.5 Å². The molecule has 0 radical (unpaired) electrons. The van der Waals surface area contributed by atoms with Crippen LogP contribution in [0.5, 0.6) is 0 Å². The number of nitrogens with zero attached hydrogens (tertiary/aromatic N) is 3. The van der Waals surface area contributed by atoms with E-state index in [2.05, 4.69) is 18.9 Å². The van der Waals surface area contributed by atoms with E-state index in [9.17, 15) is 4.79 Å². The number of carbonyl (C=O) groups excluding carboxylic acids is 1. The van der Waals surface area contributed by atoms with Gasteiger partial charge >= 0.3 is 0 Å². The third-order valence-corrected chi connectivity index (χ3v) is 6.14. The van der Waals surface area contributed by atoms with Gasteiger partial charge in [-0.3, -0.25) is 9.48 Å². The molecule has 3 rings (SSSR count). The SMILES string of the molecule is CCC(CC)n1nc(C(=O)N2CCC(C3OCCCC3N)CC2)cc1C. The maximum absolute atomic E-state index is 12.9. The van der Waals surface area contributed by atoms with Gasteiger partial charge in [0.1, 0.15) is 0 Å². The highest BCUT2D eigenvalue weighted by Crippen LogP contribution is 2.29. The molecule has 2 fully saturated rings. The number of hydrogen-bond acceptors (Lipinski definition) is 4. The largest absolute Gasteiger partial charge is 0.376 e. The molecule has 0 spiro atoms. The van der Waals surface area contributed by atoms with E-state index in [0.717, 1.165) is 63.9 Å². The number of nitrogens with two attached hydrogens (primary N) is 1. The topological polar surface area (TPSA) is 73.4 Å². The fourth-order valence-electron chi connectivity index (χ4n) is 4.50. The Kier molecular flexibility index (Phi) is 6.35. The van der Waals surface area contributed by atoms with E-state index in [1.165, 1.54) is 0 Å². The number of amides is 1. The van der Waals surface area contributed by atoms with Crippen LogP contribution in [-0.4, -0.2) is 52.4 Å². The first kappa shape index (κ1) is 19.4. The van der Waals surface area contributed by atoms with Crippen LogP contribution in [0.1, 0.15) is 74.6 Å². The number of likely N-dealkylation sites (tertiary alicyclic amines) is 1. The molecule has 0 aliphatic carbocycles. The Morgan fingerprint density at radius 3 is 2.62 bits per heavy atom. The van der Waals surface area contributed by atoms with Crippen LogP contribution in [0.2, 0.25) is 0 Å². The highest BCUT2D eigenvalue weighted by Gasteiger charge is 2.34. The van der Waals surface area contributed by atoms with Crippen molar-refractivity contribution in [1.82, 2.24) is 14.7 Å². The zero-order valence-corrected chi connectivity index (χ0v) is 16.5. The second-order valence-electron chi connectivity index (χ2n) is 7.86. The Hall–Kier alpha value is -1.40. The lowest BCUT2D eigenvalue weighted by atomic mass is 9.85. The molecule has 26 heavy (non-hydrogen) atoms. The molecule has 2 saturated heterocycles. The van der Waals surface area contributed by atoms with E-state index in [4.69, 9.17) is 10.5 Å². The van der Waals surface area contributed by atoms with Crippen molar-refractivity contribution in [2.75, 3.05) is 19.7 Å². The molecule has 6 heteroatoms. The van der Waals surface area contributed by atoms with Crippen LogP contribution in [0.3, 0.4) is 0 Å². The molecule has 2 aliphatic heterocycles. The summed E-state index contributed by atoms with van der Waals surface area (Å²) in [6.07, 6.45) is 6.27. The number of aryl methyl sites for hydroxylation is 1. The van der Waals surface area contributed by atoms with Gasteiger partial charge in [-0.05, 0) is 57.4 Å². The Morgan fingerprint density at radius 2 is 2.00 bits per heavy atom. The fraction of sp³-hybridized carbons (Fsp3) is 0.800. The summed E-state index contributed by atoms with van der Waals surface area (Å²) in [5.41, 5.74) is 7.90. The lowest BCUT2D eigenvalue weighted by molar-refractivity contribution is -0.0480. The van der Waals surface area contributed by atoms with Gasteiger partial charge in [0.2, 0.25) is 0 Å². The molecule has 2 atom stereocenters. The van der Waals surface area contributed by atoms with Gasteiger partial charge in [0.15, 0.2) is 5.69 Å². The van der Waals surface area contributed by atoms with Crippen LogP contribution in [0.4, 0.5) is 0 Å². The Labute approximate surface area is 157 Å². The van der Waals surface area contributed by atoms with Crippen molar-refractivity contribution in [2.24, 2.45) is 11.7 Å². The molecule has 1 amide bonds. The zero-order valence-electron chi connectivity index (χ0n) is 16.5. The zero-order chi connectivity index (χ0) is 18.7. The van der Waals surface area contributed by atoms with Crippen molar-refractivity contribution in [3.63, 3.8) is 0 Å². The van der Waals surface area contributed by atoms with E-state index in [0.29, 0.717) is 17.7 Å². The number of rotatable bonds is 5. The molecule has 0 bridgehead atoms. The number of hydrogen-bond donors (Lipinski definition) is 1. The predicted octanol–water partition coefficient (Wildman–Crippen LogP) is 2.91. The number of carbonyl (C=O) groups is 1. The summed E-state index contributed by atoms with van der Waals surface area (Å²) >= 11 is 0. The first-order chi connectivity index (χ1) is 12.5. The summed E-state index contributed by atoms with van der Waals surface area (Å²) in [6, 6.07) is 2.45. The first-order valence-corrected chi connectivity index (χ1v) is 10.3. The molecule has 0 saturated carbocycles. The summed E-state index contributed by atoms with van der Waals surface area (Å²) in [5.74, 6) is 0.531. The Balaban J connectivity index is 1.61. The summed E-state index contributed by atoms with van der Waals surface area (Å²) in [6.45, 7) is 8.74. The summed E-state index contributed by atoms with van der Waals surface area (Å²) in [5, 5.41) is 4.63. The lowest BCUT2D eigenvalue weighted by Gasteiger charge is -2.39. The van der Waals surface area contributed by atoms with Gasteiger partial charge in [0.25, 0.3) is 5.91 Å². The number of ether oxygens (including phenoxy) is 1. The average Bonchev–Trinajstić information content (AvgIpc) is 3.04. The molecule has 0 aromatic carbocycles. The van der Waals surface area contributed by atoms with Crippen LogP contribution in [0.15, 0.2) is 6.07 Å². The molecule has 6 nitrogen and oxygen atoms in total. The Bertz CT molecular complexity index is 603. The lowest BCUT2D eigenvalue weighted by Crippen LogP contribution is -2.49. The van der Waals surface area contributed by atoms with Gasteiger partial charge < -0.3 is 15.4 Å². The van der Waals surface area contributed by atoms with Gasteiger partial charge in [-0.25, -0.2) is 0 Å². The average molecular weight is 363 g/mol. The van der Waals surface area contributed by atoms with E-state index in [-0.39, 0.29) is 18.1 Å². The fourth-order valence-corrected chi connectivity index (χ4v) is 4.50. The van der Waals surface area contributed by atoms with Crippen molar-refractivity contribution >= 4 is 5.91 Å².